The average molecular weight is 286 g/mol. The first-order valence-corrected chi connectivity index (χ1v) is 7.74. The van der Waals surface area contributed by atoms with Crippen LogP contribution in [0, 0.1) is 0 Å². The first-order chi connectivity index (χ1) is 9.06. The molecule has 108 valence electrons. The van der Waals surface area contributed by atoms with Crippen LogP contribution in [0.4, 0.5) is 0 Å². The summed E-state index contributed by atoms with van der Waals surface area (Å²) in [5, 5.41) is 2.99. The van der Waals surface area contributed by atoms with Crippen molar-refractivity contribution in [3.05, 3.63) is 30.1 Å². The van der Waals surface area contributed by atoms with Gasteiger partial charge in [0, 0.05) is 32.5 Å². The molecular weight excluding hydrogens is 264 g/mol. The Kier molecular flexibility index (Phi) is 6.93. The van der Waals surface area contributed by atoms with Crippen LogP contribution in [0.2, 0.25) is 0 Å². The Bertz CT molecular complexity index is 450. The van der Waals surface area contributed by atoms with Crippen LogP contribution in [0.15, 0.2) is 24.5 Å². The van der Waals surface area contributed by atoms with Crippen molar-refractivity contribution in [2.45, 2.75) is 12.8 Å². The Morgan fingerprint density at radius 1 is 1.37 bits per heavy atom. The van der Waals surface area contributed by atoms with Crippen molar-refractivity contribution in [2.24, 2.45) is 0 Å². The van der Waals surface area contributed by atoms with Crippen molar-refractivity contribution in [2.75, 3.05) is 33.7 Å². The van der Waals surface area contributed by atoms with E-state index in [1.165, 1.54) is 4.31 Å². The average Bonchev–Trinajstić information content (AvgIpc) is 2.40. The molecule has 7 heteroatoms. The van der Waals surface area contributed by atoms with E-state index in [1.54, 1.807) is 19.4 Å². The lowest BCUT2D eigenvalue weighted by Crippen LogP contribution is -2.40. The summed E-state index contributed by atoms with van der Waals surface area (Å²) in [6, 6.07) is 3.77. The number of aromatic nitrogens is 1. The van der Waals surface area contributed by atoms with Gasteiger partial charge >= 0.3 is 0 Å². The molecule has 0 aliphatic rings. The van der Waals surface area contributed by atoms with Gasteiger partial charge in [-0.2, -0.15) is 12.7 Å². The molecule has 1 aromatic heterocycles. The van der Waals surface area contributed by atoms with E-state index in [4.69, 9.17) is 0 Å². The number of hydrogen-bond donors (Lipinski definition) is 2. The fourth-order valence-corrected chi connectivity index (χ4v) is 2.53. The van der Waals surface area contributed by atoms with Gasteiger partial charge in [-0.05, 0) is 38.1 Å². The molecule has 0 aromatic carbocycles. The van der Waals surface area contributed by atoms with Gasteiger partial charge in [0.15, 0.2) is 0 Å². The lowest BCUT2D eigenvalue weighted by molar-refractivity contribution is 0.448. The van der Waals surface area contributed by atoms with Crippen LogP contribution in [-0.2, 0) is 16.6 Å². The first kappa shape index (κ1) is 16.0. The maximum Gasteiger partial charge on any atom is 0.279 e. The zero-order valence-corrected chi connectivity index (χ0v) is 12.3. The molecule has 1 heterocycles. The number of pyridine rings is 1. The normalized spacial score (nSPS) is 11.9. The summed E-state index contributed by atoms with van der Waals surface area (Å²) >= 11 is 0. The Labute approximate surface area is 115 Å². The van der Waals surface area contributed by atoms with Crippen LogP contribution in [0.3, 0.4) is 0 Å². The first-order valence-electron chi connectivity index (χ1n) is 6.30. The van der Waals surface area contributed by atoms with Crippen LogP contribution in [0.1, 0.15) is 12.0 Å². The summed E-state index contributed by atoms with van der Waals surface area (Å²) < 4.78 is 27.7. The summed E-state index contributed by atoms with van der Waals surface area (Å²) in [4.78, 5) is 3.99. The molecule has 0 unspecified atom stereocenters. The molecule has 0 atom stereocenters. The Hall–Kier alpha value is -1.02. The molecule has 0 aliphatic carbocycles. The lowest BCUT2D eigenvalue weighted by Gasteiger charge is -2.17. The monoisotopic (exact) mass is 286 g/mol. The molecule has 1 aromatic rings. The molecule has 0 spiro atoms. The molecule has 6 nitrogen and oxygen atoms in total. The van der Waals surface area contributed by atoms with E-state index >= 15 is 0 Å². The summed E-state index contributed by atoms with van der Waals surface area (Å²) in [5.74, 6) is 0. The van der Waals surface area contributed by atoms with Crippen LogP contribution < -0.4 is 10.0 Å². The number of hydrogen-bond acceptors (Lipinski definition) is 4. The van der Waals surface area contributed by atoms with Crippen molar-refractivity contribution in [3.8, 4) is 0 Å². The van der Waals surface area contributed by atoms with Crippen LogP contribution in [0.25, 0.3) is 0 Å². The molecule has 1 rings (SSSR count). The number of nitrogens with one attached hydrogen (secondary N) is 2. The number of rotatable bonds is 9. The maximum atomic E-state index is 11.9. The summed E-state index contributed by atoms with van der Waals surface area (Å²) in [7, 11) is 0.0575. The van der Waals surface area contributed by atoms with Gasteiger partial charge in [-0.15, -0.1) is 0 Å². The summed E-state index contributed by atoms with van der Waals surface area (Å²) in [6.07, 6.45) is 4.86. The van der Waals surface area contributed by atoms with E-state index in [1.807, 2.05) is 19.2 Å². The predicted octanol–water partition coefficient (Wildman–Crippen LogP) is -0.000200. The highest BCUT2D eigenvalue weighted by Gasteiger charge is 2.15. The van der Waals surface area contributed by atoms with Gasteiger partial charge in [0.25, 0.3) is 10.2 Å². The highest BCUT2D eigenvalue weighted by molar-refractivity contribution is 7.87. The Morgan fingerprint density at radius 2 is 2.16 bits per heavy atom. The van der Waals surface area contributed by atoms with Gasteiger partial charge in [-0.25, -0.2) is 4.72 Å². The topological polar surface area (TPSA) is 74.3 Å². The van der Waals surface area contributed by atoms with E-state index in [0.717, 1.165) is 18.5 Å². The highest BCUT2D eigenvalue weighted by Crippen LogP contribution is 1.98. The predicted molar refractivity (Wildman–Crippen MR) is 76.0 cm³/mol. The molecule has 0 saturated heterocycles. The van der Waals surface area contributed by atoms with E-state index in [2.05, 4.69) is 15.0 Å². The van der Waals surface area contributed by atoms with Gasteiger partial charge in [-0.3, -0.25) is 4.98 Å². The molecule has 19 heavy (non-hydrogen) atoms. The standard InChI is InChI=1S/C12H22N4O2S/c1-13-7-4-10-16(2)19(17,18)15-9-6-12-5-3-8-14-11-12/h3,5,8,11,13,15H,4,6-7,9-10H2,1-2H3. The molecule has 0 radical (unpaired) electrons. The van der Waals surface area contributed by atoms with Gasteiger partial charge in [0.2, 0.25) is 0 Å². The van der Waals surface area contributed by atoms with E-state index in [9.17, 15) is 8.42 Å². The zero-order chi connectivity index (χ0) is 14.1. The van der Waals surface area contributed by atoms with Crippen molar-refractivity contribution < 1.29 is 8.42 Å². The van der Waals surface area contributed by atoms with E-state index in [-0.39, 0.29) is 0 Å². The molecule has 0 amide bonds. The van der Waals surface area contributed by atoms with E-state index < -0.39 is 10.2 Å². The van der Waals surface area contributed by atoms with Crippen LogP contribution in [0.5, 0.6) is 0 Å². The number of nitrogens with zero attached hydrogens (tertiary/aromatic N) is 2. The van der Waals surface area contributed by atoms with Crippen LogP contribution >= 0.6 is 0 Å². The molecule has 0 fully saturated rings. The fraction of sp³-hybridized carbons (Fsp3) is 0.583. The zero-order valence-electron chi connectivity index (χ0n) is 11.5. The van der Waals surface area contributed by atoms with Crippen molar-refractivity contribution in [1.29, 1.82) is 0 Å². The highest BCUT2D eigenvalue weighted by atomic mass is 32.2. The SMILES string of the molecule is CNCCCN(C)S(=O)(=O)NCCc1cccnc1. The second-order valence-corrected chi connectivity index (χ2v) is 6.15. The quantitative estimate of drug-likeness (QED) is 0.627. The maximum absolute atomic E-state index is 11.9. The molecule has 2 N–H and O–H groups in total. The van der Waals surface area contributed by atoms with Crippen molar-refractivity contribution in [3.63, 3.8) is 0 Å². The van der Waals surface area contributed by atoms with Crippen molar-refractivity contribution >= 4 is 10.2 Å². The second kappa shape index (κ2) is 8.21. The summed E-state index contributed by atoms with van der Waals surface area (Å²) in [5.41, 5.74) is 1.02. The second-order valence-electron chi connectivity index (χ2n) is 4.29. The summed E-state index contributed by atoms with van der Waals surface area (Å²) in [6.45, 7) is 1.68. The Balaban J connectivity index is 2.34. The third-order valence-corrected chi connectivity index (χ3v) is 4.30. The van der Waals surface area contributed by atoms with Gasteiger partial charge in [0.05, 0.1) is 0 Å². The smallest absolute Gasteiger partial charge is 0.279 e. The molecule has 0 saturated carbocycles. The van der Waals surface area contributed by atoms with Gasteiger partial charge in [0.1, 0.15) is 0 Å². The molecule has 0 bridgehead atoms. The van der Waals surface area contributed by atoms with E-state index in [0.29, 0.717) is 19.5 Å². The largest absolute Gasteiger partial charge is 0.320 e. The fourth-order valence-electron chi connectivity index (χ4n) is 1.58. The van der Waals surface area contributed by atoms with Gasteiger partial charge in [-0.1, -0.05) is 6.07 Å². The molecular formula is C12H22N4O2S. The Morgan fingerprint density at radius 3 is 2.79 bits per heavy atom. The lowest BCUT2D eigenvalue weighted by atomic mass is 10.2. The minimum atomic E-state index is -3.38. The third-order valence-electron chi connectivity index (χ3n) is 2.73. The minimum Gasteiger partial charge on any atom is -0.320 e. The minimum absolute atomic E-state index is 0.379. The van der Waals surface area contributed by atoms with Crippen molar-refractivity contribution in [1.82, 2.24) is 19.3 Å². The molecule has 0 aliphatic heterocycles. The van der Waals surface area contributed by atoms with Crippen LogP contribution in [-0.4, -0.2) is 51.4 Å². The van der Waals surface area contributed by atoms with Gasteiger partial charge < -0.3 is 5.32 Å². The third kappa shape index (κ3) is 6.11.